The van der Waals surface area contributed by atoms with Crippen LogP contribution in [0.15, 0.2) is 48.9 Å². The van der Waals surface area contributed by atoms with Gasteiger partial charge in [-0.15, -0.1) is 0 Å². The zero-order chi connectivity index (χ0) is 15.8. The molecule has 6 heteroatoms. The summed E-state index contributed by atoms with van der Waals surface area (Å²) in [5.41, 5.74) is 1.56. The summed E-state index contributed by atoms with van der Waals surface area (Å²) in [5.74, 6) is 1.44. The lowest BCUT2D eigenvalue weighted by molar-refractivity contribution is 0.374. The van der Waals surface area contributed by atoms with Crippen LogP contribution in [0.4, 0.5) is 0 Å². The summed E-state index contributed by atoms with van der Waals surface area (Å²) in [6.45, 7) is 0. The highest BCUT2D eigenvalue weighted by Crippen LogP contribution is 2.36. The molecule has 2 N–H and O–H groups in total. The van der Waals surface area contributed by atoms with Crippen molar-refractivity contribution in [2.24, 2.45) is 0 Å². The Hall–Kier alpha value is -3.28. The topological polar surface area (TPSA) is 80.3 Å². The predicted octanol–water partition coefficient (Wildman–Crippen LogP) is 3.62. The minimum absolute atomic E-state index is 0.0248. The van der Waals surface area contributed by atoms with Gasteiger partial charge in [0.05, 0.1) is 18.0 Å². The number of phenols is 1. The number of rotatable bonds is 3. The molecule has 0 atom stereocenters. The second-order valence-electron chi connectivity index (χ2n) is 5.02. The number of aromatic hydroxyl groups is 1. The number of H-pyrrole nitrogens is 1. The van der Waals surface area contributed by atoms with E-state index in [1.54, 1.807) is 12.3 Å². The molecule has 0 aliphatic heterocycles. The quantitative estimate of drug-likeness (QED) is 0.604. The van der Waals surface area contributed by atoms with E-state index in [1.807, 2.05) is 24.3 Å². The van der Waals surface area contributed by atoms with E-state index in [0.717, 1.165) is 10.9 Å². The maximum Gasteiger partial charge on any atom is 0.230 e. The fourth-order valence-electron chi connectivity index (χ4n) is 2.53. The minimum Gasteiger partial charge on any atom is -0.504 e. The third kappa shape index (κ3) is 2.20. The lowest BCUT2D eigenvalue weighted by atomic mass is 10.2. The number of phenolic OH excluding ortho intramolecular Hbond substituents is 1. The third-order valence-electron chi connectivity index (χ3n) is 3.66. The third-order valence-corrected chi connectivity index (χ3v) is 3.66. The van der Waals surface area contributed by atoms with Crippen molar-refractivity contribution in [3.05, 3.63) is 48.9 Å². The molecule has 4 aromatic rings. The molecule has 0 amide bonds. The first-order valence-electron chi connectivity index (χ1n) is 7.02. The smallest absolute Gasteiger partial charge is 0.230 e. The minimum atomic E-state index is 0.0248. The van der Waals surface area contributed by atoms with Crippen LogP contribution in [-0.4, -0.2) is 27.2 Å². The van der Waals surface area contributed by atoms with Crippen molar-refractivity contribution < 1.29 is 14.6 Å². The van der Waals surface area contributed by atoms with Crippen molar-refractivity contribution in [1.29, 1.82) is 0 Å². The van der Waals surface area contributed by atoms with Gasteiger partial charge in [-0.1, -0.05) is 12.1 Å². The molecule has 0 aliphatic rings. The molecule has 114 valence electrons. The molecule has 0 radical (unpaired) electrons. The van der Waals surface area contributed by atoms with Gasteiger partial charge in [0.25, 0.3) is 0 Å². The first-order chi connectivity index (χ1) is 11.3. The average Bonchev–Trinajstić information content (AvgIpc) is 2.98. The molecule has 4 rings (SSSR count). The average molecular weight is 307 g/mol. The van der Waals surface area contributed by atoms with Crippen molar-refractivity contribution in [1.82, 2.24) is 15.0 Å². The monoisotopic (exact) mass is 307 g/mol. The van der Waals surface area contributed by atoms with Crippen LogP contribution < -0.4 is 9.47 Å². The molecule has 0 spiro atoms. The molecular weight excluding hydrogens is 294 g/mol. The van der Waals surface area contributed by atoms with E-state index in [2.05, 4.69) is 15.0 Å². The van der Waals surface area contributed by atoms with Gasteiger partial charge in [0.1, 0.15) is 6.33 Å². The molecule has 2 heterocycles. The van der Waals surface area contributed by atoms with Gasteiger partial charge in [0.15, 0.2) is 17.2 Å². The van der Waals surface area contributed by atoms with Crippen LogP contribution >= 0.6 is 0 Å². The fraction of sp³-hybridized carbons (Fsp3) is 0.0588. The summed E-state index contributed by atoms with van der Waals surface area (Å²) in [7, 11) is 1.49. The van der Waals surface area contributed by atoms with Gasteiger partial charge >= 0.3 is 0 Å². The van der Waals surface area contributed by atoms with Crippen molar-refractivity contribution in [2.75, 3.05) is 7.11 Å². The number of hydrogen-bond acceptors (Lipinski definition) is 5. The number of nitrogens with zero attached hydrogens (tertiary/aromatic N) is 2. The van der Waals surface area contributed by atoms with Gasteiger partial charge in [-0.2, -0.15) is 0 Å². The fourth-order valence-corrected chi connectivity index (χ4v) is 2.53. The summed E-state index contributed by atoms with van der Waals surface area (Å²) in [6.07, 6.45) is 3.19. The Balaban J connectivity index is 1.85. The Morgan fingerprint density at radius 1 is 1.04 bits per heavy atom. The Labute approximate surface area is 131 Å². The Kier molecular flexibility index (Phi) is 3.01. The van der Waals surface area contributed by atoms with Gasteiger partial charge < -0.3 is 19.6 Å². The maximum atomic E-state index is 9.87. The lowest BCUT2D eigenvalue weighted by Crippen LogP contribution is -1.92. The molecule has 2 aromatic heterocycles. The highest BCUT2D eigenvalue weighted by molar-refractivity contribution is 5.89. The molecule has 0 saturated heterocycles. The molecule has 0 bridgehead atoms. The van der Waals surface area contributed by atoms with E-state index >= 15 is 0 Å². The number of aromatic amines is 1. The Morgan fingerprint density at radius 3 is 2.78 bits per heavy atom. The molecule has 6 nitrogen and oxygen atoms in total. The first-order valence-corrected chi connectivity index (χ1v) is 7.02. The zero-order valence-electron chi connectivity index (χ0n) is 12.3. The number of ether oxygens (including phenoxy) is 2. The molecule has 2 aromatic carbocycles. The lowest BCUT2D eigenvalue weighted by Gasteiger charge is -2.09. The predicted molar refractivity (Wildman–Crippen MR) is 86.1 cm³/mol. The number of aromatic nitrogens is 3. The molecular formula is C17H13N3O3. The number of methoxy groups -OCH3 is 1. The molecule has 0 aliphatic carbocycles. The highest BCUT2D eigenvalue weighted by Gasteiger charge is 2.13. The van der Waals surface area contributed by atoms with E-state index in [1.165, 1.54) is 19.5 Å². The van der Waals surface area contributed by atoms with Crippen LogP contribution in [0.25, 0.3) is 21.8 Å². The number of para-hydroxylation sites is 1. The SMILES string of the molecule is COc1cc2c(Oc3c[nH]c4ccccc34)ncnc2cc1O. The van der Waals surface area contributed by atoms with Crippen molar-refractivity contribution in [2.45, 2.75) is 0 Å². The van der Waals surface area contributed by atoms with Crippen LogP contribution in [0.3, 0.4) is 0 Å². The maximum absolute atomic E-state index is 9.87. The van der Waals surface area contributed by atoms with Crippen LogP contribution in [0, 0.1) is 0 Å². The number of nitrogens with one attached hydrogen (secondary N) is 1. The van der Waals surface area contributed by atoms with E-state index in [4.69, 9.17) is 9.47 Å². The van der Waals surface area contributed by atoms with Crippen molar-refractivity contribution >= 4 is 21.8 Å². The van der Waals surface area contributed by atoms with Gasteiger partial charge in [-0.3, -0.25) is 0 Å². The molecule has 0 unspecified atom stereocenters. The van der Waals surface area contributed by atoms with Gasteiger partial charge in [0, 0.05) is 23.2 Å². The molecule has 23 heavy (non-hydrogen) atoms. The number of hydrogen-bond donors (Lipinski definition) is 2. The normalized spacial score (nSPS) is 11.0. The van der Waals surface area contributed by atoms with Crippen LogP contribution in [-0.2, 0) is 0 Å². The largest absolute Gasteiger partial charge is 0.504 e. The number of benzene rings is 2. The first kappa shape index (κ1) is 13.4. The summed E-state index contributed by atoms with van der Waals surface area (Å²) < 4.78 is 11.1. The van der Waals surface area contributed by atoms with E-state index < -0.39 is 0 Å². The summed E-state index contributed by atoms with van der Waals surface area (Å²) >= 11 is 0. The second kappa shape index (κ2) is 5.17. The Morgan fingerprint density at radius 2 is 1.91 bits per heavy atom. The molecule has 0 fully saturated rings. The van der Waals surface area contributed by atoms with Crippen molar-refractivity contribution in [3.63, 3.8) is 0 Å². The van der Waals surface area contributed by atoms with Gasteiger partial charge in [-0.05, 0) is 18.2 Å². The standard InChI is InChI=1S/C17H13N3O3/c1-22-15-6-11-13(7-14(15)21)19-9-20-17(11)23-16-8-18-12-5-3-2-4-10(12)16/h2-9,18,21H,1H3. The summed E-state index contributed by atoms with van der Waals surface area (Å²) in [4.78, 5) is 11.5. The van der Waals surface area contributed by atoms with E-state index in [9.17, 15) is 5.11 Å². The Bertz CT molecular complexity index is 1010. The van der Waals surface area contributed by atoms with Crippen LogP contribution in [0.1, 0.15) is 0 Å². The van der Waals surface area contributed by atoms with Gasteiger partial charge in [-0.25, -0.2) is 9.97 Å². The van der Waals surface area contributed by atoms with Gasteiger partial charge in [0.2, 0.25) is 5.88 Å². The van der Waals surface area contributed by atoms with E-state index in [0.29, 0.717) is 28.3 Å². The van der Waals surface area contributed by atoms with Crippen molar-refractivity contribution in [3.8, 4) is 23.1 Å². The zero-order valence-corrected chi connectivity index (χ0v) is 12.3. The molecule has 0 saturated carbocycles. The highest BCUT2D eigenvalue weighted by atomic mass is 16.5. The van der Waals surface area contributed by atoms with Crippen LogP contribution in [0.5, 0.6) is 23.1 Å². The number of fused-ring (bicyclic) bond motifs is 2. The van der Waals surface area contributed by atoms with Crippen LogP contribution in [0.2, 0.25) is 0 Å². The summed E-state index contributed by atoms with van der Waals surface area (Å²) in [6, 6.07) is 11.0. The second-order valence-corrected chi connectivity index (χ2v) is 5.02. The summed E-state index contributed by atoms with van der Waals surface area (Å²) in [5, 5.41) is 11.5. The van der Waals surface area contributed by atoms with E-state index in [-0.39, 0.29) is 5.75 Å².